The van der Waals surface area contributed by atoms with Crippen molar-refractivity contribution in [1.29, 1.82) is 5.26 Å². The molecule has 102 valence electrons. The van der Waals surface area contributed by atoms with Gasteiger partial charge in [-0.15, -0.1) is 11.3 Å². The fraction of sp³-hybridized carbons (Fsp3) is 0.0769. The van der Waals surface area contributed by atoms with E-state index < -0.39 is 16.1 Å². The molecule has 0 bridgehead atoms. The Labute approximate surface area is 120 Å². The molecule has 0 aliphatic carbocycles. The van der Waals surface area contributed by atoms with Crippen LogP contribution in [-0.4, -0.2) is 20.6 Å². The molecule has 0 saturated carbocycles. The number of carbonyl (C=O) groups excluding carboxylic acids is 1. The van der Waals surface area contributed by atoms with Crippen LogP contribution >= 0.6 is 11.3 Å². The third-order valence-electron chi connectivity index (χ3n) is 2.40. The van der Waals surface area contributed by atoms with Gasteiger partial charge >= 0.3 is 16.1 Å². The summed E-state index contributed by atoms with van der Waals surface area (Å²) in [6.45, 7) is 0. The molecular formula is C13H9NO4S2. The highest BCUT2D eigenvalue weighted by Crippen LogP contribution is 2.28. The van der Waals surface area contributed by atoms with E-state index in [-0.39, 0.29) is 5.56 Å². The van der Waals surface area contributed by atoms with E-state index in [1.807, 2.05) is 0 Å². The molecule has 1 heterocycles. The number of nitriles is 1. The van der Waals surface area contributed by atoms with Crippen LogP contribution in [0.25, 0.3) is 11.1 Å². The van der Waals surface area contributed by atoms with Crippen LogP contribution < -0.4 is 0 Å². The SMILES string of the molecule is CS(=O)(=O)OC(=O)c1cccc(-c2ccsc2C#N)c1. The first-order chi connectivity index (χ1) is 9.40. The molecule has 0 atom stereocenters. The molecule has 5 nitrogen and oxygen atoms in total. The zero-order valence-electron chi connectivity index (χ0n) is 10.4. The molecule has 1 aromatic heterocycles. The van der Waals surface area contributed by atoms with Crippen LogP contribution in [0.2, 0.25) is 0 Å². The summed E-state index contributed by atoms with van der Waals surface area (Å²) in [6, 6.07) is 10.1. The van der Waals surface area contributed by atoms with Crippen LogP contribution in [-0.2, 0) is 14.3 Å². The Kier molecular flexibility index (Phi) is 3.88. The summed E-state index contributed by atoms with van der Waals surface area (Å²) in [5, 5.41) is 10.8. The van der Waals surface area contributed by atoms with Crippen LogP contribution in [0.4, 0.5) is 0 Å². The molecule has 1 aromatic carbocycles. The Balaban J connectivity index is 2.39. The second-order valence-corrected chi connectivity index (χ2v) is 6.42. The normalized spacial score (nSPS) is 10.8. The van der Waals surface area contributed by atoms with Gasteiger partial charge in [0, 0.05) is 5.56 Å². The summed E-state index contributed by atoms with van der Waals surface area (Å²) in [7, 11) is -3.85. The van der Waals surface area contributed by atoms with Crippen LogP contribution in [0.1, 0.15) is 15.2 Å². The molecule has 0 saturated heterocycles. The maximum Gasteiger partial charge on any atom is 0.353 e. The molecule has 0 N–H and O–H groups in total. The third-order valence-corrected chi connectivity index (χ3v) is 3.68. The minimum Gasteiger partial charge on any atom is -0.341 e. The number of nitrogens with zero attached hydrogens (tertiary/aromatic N) is 1. The van der Waals surface area contributed by atoms with Crippen molar-refractivity contribution in [3.05, 3.63) is 46.2 Å². The van der Waals surface area contributed by atoms with Crippen molar-refractivity contribution < 1.29 is 17.4 Å². The molecule has 0 amide bonds. The molecule has 2 aromatic rings. The number of thiophene rings is 1. The zero-order valence-corrected chi connectivity index (χ0v) is 12.0. The number of hydrogen-bond acceptors (Lipinski definition) is 6. The summed E-state index contributed by atoms with van der Waals surface area (Å²) >= 11 is 1.30. The van der Waals surface area contributed by atoms with Gasteiger partial charge in [0.1, 0.15) is 10.9 Å². The fourth-order valence-corrected chi connectivity index (χ4v) is 2.70. The van der Waals surface area contributed by atoms with Gasteiger partial charge < -0.3 is 4.18 Å². The summed E-state index contributed by atoms with van der Waals surface area (Å²) < 4.78 is 26.2. The minimum absolute atomic E-state index is 0.114. The van der Waals surface area contributed by atoms with E-state index in [1.54, 1.807) is 23.6 Å². The first-order valence-corrected chi connectivity index (χ1v) is 8.12. The average Bonchev–Trinajstić information content (AvgIpc) is 2.85. The van der Waals surface area contributed by atoms with Gasteiger partial charge in [-0.05, 0) is 29.1 Å². The Morgan fingerprint density at radius 1 is 1.35 bits per heavy atom. The van der Waals surface area contributed by atoms with E-state index in [2.05, 4.69) is 10.3 Å². The summed E-state index contributed by atoms with van der Waals surface area (Å²) in [5.74, 6) is -0.942. The summed E-state index contributed by atoms with van der Waals surface area (Å²) in [5.41, 5.74) is 1.47. The molecule has 7 heteroatoms. The predicted molar refractivity (Wildman–Crippen MR) is 74.7 cm³/mol. The second-order valence-electron chi connectivity index (χ2n) is 3.93. The van der Waals surface area contributed by atoms with Gasteiger partial charge in [0.15, 0.2) is 0 Å². The van der Waals surface area contributed by atoms with E-state index in [0.717, 1.165) is 6.26 Å². The molecule has 0 aliphatic heterocycles. The van der Waals surface area contributed by atoms with Gasteiger partial charge in [-0.25, -0.2) is 4.79 Å². The molecule has 2 rings (SSSR count). The van der Waals surface area contributed by atoms with Crippen LogP contribution in [0, 0.1) is 11.3 Å². The lowest BCUT2D eigenvalue weighted by molar-refractivity contribution is 0.0748. The van der Waals surface area contributed by atoms with Crippen LogP contribution in [0.5, 0.6) is 0 Å². The highest BCUT2D eigenvalue weighted by atomic mass is 32.2. The summed E-state index contributed by atoms with van der Waals surface area (Å²) in [6.07, 6.45) is 0.807. The molecule has 0 radical (unpaired) electrons. The molecule has 0 unspecified atom stereocenters. The van der Waals surface area contributed by atoms with Crippen molar-refractivity contribution in [2.75, 3.05) is 6.26 Å². The Morgan fingerprint density at radius 3 is 2.75 bits per heavy atom. The fourth-order valence-electron chi connectivity index (χ4n) is 1.62. The second kappa shape index (κ2) is 5.45. The lowest BCUT2D eigenvalue weighted by atomic mass is 10.0. The van der Waals surface area contributed by atoms with Gasteiger partial charge in [-0.1, -0.05) is 12.1 Å². The molecule has 0 fully saturated rings. The highest BCUT2D eigenvalue weighted by Gasteiger charge is 2.15. The Hall–Kier alpha value is -2.17. The van der Waals surface area contributed by atoms with E-state index in [0.29, 0.717) is 16.0 Å². The number of rotatable bonds is 3. The smallest absolute Gasteiger partial charge is 0.341 e. The van der Waals surface area contributed by atoms with Gasteiger partial charge in [0.25, 0.3) is 0 Å². The lowest BCUT2D eigenvalue weighted by Gasteiger charge is -2.04. The third kappa shape index (κ3) is 3.23. The topological polar surface area (TPSA) is 84.2 Å². The number of hydrogen-bond donors (Lipinski definition) is 0. The van der Waals surface area contributed by atoms with Crippen molar-refractivity contribution in [2.45, 2.75) is 0 Å². The lowest BCUT2D eigenvalue weighted by Crippen LogP contribution is -2.11. The number of carbonyl (C=O) groups is 1. The standard InChI is InChI=1S/C13H9NO4S2/c1-20(16,17)18-13(15)10-4-2-3-9(7-10)11-5-6-19-12(11)8-14/h2-7H,1H3. The van der Waals surface area contributed by atoms with Gasteiger partial charge in [0.2, 0.25) is 0 Å². The molecule has 20 heavy (non-hydrogen) atoms. The van der Waals surface area contributed by atoms with Gasteiger partial charge in [0.05, 0.1) is 11.8 Å². The molecular weight excluding hydrogens is 298 g/mol. The van der Waals surface area contributed by atoms with Gasteiger partial charge in [-0.2, -0.15) is 13.7 Å². The van der Waals surface area contributed by atoms with E-state index in [1.165, 1.54) is 23.5 Å². The largest absolute Gasteiger partial charge is 0.353 e. The van der Waals surface area contributed by atoms with Crippen LogP contribution in [0.15, 0.2) is 35.7 Å². The first-order valence-electron chi connectivity index (χ1n) is 5.42. The number of benzene rings is 1. The monoisotopic (exact) mass is 307 g/mol. The quantitative estimate of drug-likeness (QED) is 0.813. The maximum atomic E-state index is 11.7. The highest BCUT2D eigenvalue weighted by molar-refractivity contribution is 7.86. The van der Waals surface area contributed by atoms with Crippen LogP contribution in [0.3, 0.4) is 0 Å². The molecule has 0 aliphatic rings. The average molecular weight is 307 g/mol. The van der Waals surface area contributed by atoms with Crippen molar-refractivity contribution in [1.82, 2.24) is 0 Å². The predicted octanol–water partition coefficient (Wildman–Crippen LogP) is 2.40. The molecule has 0 spiro atoms. The van der Waals surface area contributed by atoms with E-state index in [9.17, 15) is 13.2 Å². The first kappa shape index (κ1) is 14.2. The van der Waals surface area contributed by atoms with Crippen molar-refractivity contribution in [3.8, 4) is 17.2 Å². The van der Waals surface area contributed by atoms with Gasteiger partial charge in [-0.3, -0.25) is 0 Å². The van der Waals surface area contributed by atoms with E-state index >= 15 is 0 Å². The Morgan fingerprint density at radius 2 is 2.10 bits per heavy atom. The Bertz CT molecular complexity index is 800. The van der Waals surface area contributed by atoms with Crippen molar-refractivity contribution in [2.24, 2.45) is 0 Å². The van der Waals surface area contributed by atoms with Crippen molar-refractivity contribution in [3.63, 3.8) is 0 Å². The van der Waals surface area contributed by atoms with E-state index in [4.69, 9.17) is 5.26 Å². The maximum absolute atomic E-state index is 11.7. The van der Waals surface area contributed by atoms with Crippen molar-refractivity contribution >= 4 is 27.4 Å². The zero-order chi connectivity index (χ0) is 14.8. The summed E-state index contributed by atoms with van der Waals surface area (Å²) in [4.78, 5) is 12.2. The minimum atomic E-state index is -3.85.